The minimum Gasteiger partial charge on any atom is -0.462 e. The predicted molar refractivity (Wildman–Crippen MR) is 312 cm³/mol. The van der Waals surface area contributed by atoms with Crippen LogP contribution in [0.15, 0.2) is 12.2 Å². The van der Waals surface area contributed by atoms with Gasteiger partial charge in [-0.2, -0.15) is 0 Å². The Morgan fingerprint density at radius 2 is 0.458 bits per heavy atom. The van der Waals surface area contributed by atoms with Crippen LogP contribution in [-0.4, -0.2) is 37.2 Å². The number of ether oxygens (including phenoxy) is 3. The van der Waals surface area contributed by atoms with Crippen molar-refractivity contribution in [3.63, 3.8) is 0 Å². The maximum Gasteiger partial charge on any atom is 0.306 e. The van der Waals surface area contributed by atoms with E-state index < -0.39 is 6.10 Å². The van der Waals surface area contributed by atoms with Gasteiger partial charge in [0.15, 0.2) is 6.10 Å². The minimum atomic E-state index is -0.764. The number of esters is 3. The van der Waals surface area contributed by atoms with Crippen molar-refractivity contribution in [1.29, 1.82) is 0 Å². The molecule has 0 radical (unpaired) electrons. The molecule has 6 heteroatoms. The SMILES string of the molecule is CCCCCCCC/C=C\CCCCCCCCCCCC(=O)OC(COC(=O)CCCCCCC)COC(=O)CCCCCCCCCCCCCCCCCCCCCCCCCCCCCCCC. The molecular formula is C66H126O6. The van der Waals surface area contributed by atoms with Gasteiger partial charge in [0.1, 0.15) is 13.2 Å². The monoisotopic (exact) mass is 1010 g/mol. The number of allylic oxidation sites excluding steroid dienone is 2. The Kier molecular flexibility index (Phi) is 60.1. The van der Waals surface area contributed by atoms with Crippen molar-refractivity contribution in [3.05, 3.63) is 12.2 Å². The average Bonchev–Trinajstić information content (AvgIpc) is 3.38. The van der Waals surface area contributed by atoms with E-state index in [4.69, 9.17) is 14.2 Å². The Morgan fingerprint density at radius 3 is 0.694 bits per heavy atom. The molecule has 0 saturated heterocycles. The Balaban J connectivity index is 3.91. The van der Waals surface area contributed by atoms with Gasteiger partial charge >= 0.3 is 17.9 Å². The summed E-state index contributed by atoms with van der Waals surface area (Å²) >= 11 is 0. The zero-order chi connectivity index (χ0) is 52.2. The first-order valence-electron chi connectivity index (χ1n) is 32.7. The molecule has 0 N–H and O–H groups in total. The quantitative estimate of drug-likeness (QED) is 0.0261. The molecule has 426 valence electrons. The molecule has 0 amide bonds. The highest BCUT2D eigenvalue weighted by Gasteiger charge is 2.19. The Hall–Kier alpha value is -1.85. The summed E-state index contributed by atoms with van der Waals surface area (Å²) < 4.78 is 16.8. The van der Waals surface area contributed by atoms with Crippen LogP contribution in [-0.2, 0) is 28.6 Å². The van der Waals surface area contributed by atoms with Crippen molar-refractivity contribution in [3.8, 4) is 0 Å². The third-order valence-electron chi connectivity index (χ3n) is 15.0. The van der Waals surface area contributed by atoms with Crippen molar-refractivity contribution in [2.45, 2.75) is 380 Å². The second-order valence-corrected chi connectivity index (χ2v) is 22.4. The van der Waals surface area contributed by atoms with E-state index >= 15 is 0 Å². The van der Waals surface area contributed by atoms with E-state index in [0.29, 0.717) is 19.3 Å². The molecule has 0 rings (SSSR count). The summed E-state index contributed by atoms with van der Waals surface area (Å²) in [6.45, 7) is 6.62. The van der Waals surface area contributed by atoms with Crippen LogP contribution in [0.2, 0.25) is 0 Å². The lowest BCUT2D eigenvalue weighted by molar-refractivity contribution is -0.167. The van der Waals surface area contributed by atoms with Gasteiger partial charge in [0.05, 0.1) is 0 Å². The zero-order valence-corrected chi connectivity index (χ0v) is 49.0. The van der Waals surface area contributed by atoms with Crippen LogP contribution in [0.25, 0.3) is 0 Å². The minimum absolute atomic E-state index is 0.0660. The van der Waals surface area contributed by atoms with Crippen LogP contribution in [0, 0.1) is 0 Å². The number of carbonyl (C=O) groups excluding carboxylic acids is 3. The first kappa shape index (κ1) is 70.1. The molecule has 0 aromatic carbocycles. The second-order valence-electron chi connectivity index (χ2n) is 22.4. The maximum atomic E-state index is 12.8. The van der Waals surface area contributed by atoms with Crippen LogP contribution in [0.5, 0.6) is 0 Å². The summed E-state index contributed by atoms with van der Waals surface area (Å²) in [6, 6.07) is 0. The summed E-state index contributed by atoms with van der Waals surface area (Å²) in [5, 5.41) is 0. The van der Waals surface area contributed by atoms with Crippen LogP contribution < -0.4 is 0 Å². The lowest BCUT2D eigenvalue weighted by Gasteiger charge is -2.18. The molecule has 0 saturated carbocycles. The van der Waals surface area contributed by atoms with E-state index in [-0.39, 0.29) is 31.1 Å². The van der Waals surface area contributed by atoms with Gasteiger partial charge in [0, 0.05) is 19.3 Å². The summed E-state index contributed by atoms with van der Waals surface area (Å²) in [4.78, 5) is 37.9. The smallest absolute Gasteiger partial charge is 0.306 e. The molecule has 0 heterocycles. The summed E-state index contributed by atoms with van der Waals surface area (Å²) in [7, 11) is 0. The summed E-state index contributed by atoms with van der Waals surface area (Å²) in [5.41, 5.74) is 0. The molecular weight excluding hydrogens is 889 g/mol. The van der Waals surface area contributed by atoms with Gasteiger partial charge in [-0.15, -0.1) is 0 Å². The molecule has 0 aromatic heterocycles. The van der Waals surface area contributed by atoms with E-state index in [2.05, 4.69) is 32.9 Å². The number of rotatable bonds is 61. The molecule has 0 bridgehead atoms. The normalized spacial score (nSPS) is 12.0. The summed E-state index contributed by atoms with van der Waals surface area (Å²) in [5.74, 6) is -0.858. The summed E-state index contributed by atoms with van der Waals surface area (Å²) in [6.07, 6.45) is 72.9. The van der Waals surface area contributed by atoms with Gasteiger partial charge in [0.25, 0.3) is 0 Å². The van der Waals surface area contributed by atoms with Crippen molar-refractivity contribution in [1.82, 2.24) is 0 Å². The molecule has 6 nitrogen and oxygen atoms in total. The van der Waals surface area contributed by atoms with E-state index in [1.165, 1.54) is 270 Å². The molecule has 72 heavy (non-hydrogen) atoms. The fourth-order valence-electron chi connectivity index (χ4n) is 10.1. The lowest BCUT2D eigenvalue weighted by atomic mass is 10.0. The Labute approximate surface area is 450 Å². The first-order chi connectivity index (χ1) is 35.5. The van der Waals surface area contributed by atoms with Crippen molar-refractivity contribution < 1.29 is 28.6 Å². The topological polar surface area (TPSA) is 78.9 Å². The van der Waals surface area contributed by atoms with Crippen molar-refractivity contribution in [2.75, 3.05) is 13.2 Å². The molecule has 0 aliphatic rings. The van der Waals surface area contributed by atoms with Gasteiger partial charge in [-0.1, -0.05) is 322 Å². The predicted octanol–water partition coefficient (Wildman–Crippen LogP) is 22.1. The standard InChI is InChI=1S/C66H126O6/c1-4-7-10-13-15-17-19-21-23-25-27-28-29-30-31-32-33-34-35-36-37-39-40-42-44-46-48-50-53-56-59-65(68)71-62-63(61-70-64(67)58-55-52-12-9-6-3)72-66(69)60-57-54-51-49-47-45-43-41-38-26-24-22-20-18-16-14-11-8-5-2/h22,24,63H,4-21,23,25-62H2,1-3H3/b24-22-. The highest BCUT2D eigenvalue weighted by molar-refractivity contribution is 5.71. The number of unbranched alkanes of at least 4 members (excludes halogenated alkanes) is 48. The Morgan fingerprint density at radius 1 is 0.264 bits per heavy atom. The largest absolute Gasteiger partial charge is 0.462 e. The maximum absolute atomic E-state index is 12.8. The van der Waals surface area contributed by atoms with E-state index in [1.807, 2.05) is 0 Å². The third kappa shape index (κ3) is 59.0. The lowest BCUT2D eigenvalue weighted by Crippen LogP contribution is -2.30. The fraction of sp³-hybridized carbons (Fsp3) is 0.924. The van der Waals surface area contributed by atoms with Gasteiger partial charge in [-0.05, 0) is 44.9 Å². The van der Waals surface area contributed by atoms with Crippen LogP contribution in [0.4, 0.5) is 0 Å². The van der Waals surface area contributed by atoms with E-state index in [0.717, 1.165) is 64.2 Å². The zero-order valence-electron chi connectivity index (χ0n) is 49.0. The van der Waals surface area contributed by atoms with Gasteiger partial charge in [0.2, 0.25) is 0 Å². The molecule has 1 atom stereocenters. The van der Waals surface area contributed by atoms with Crippen LogP contribution in [0.1, 0.15) is 374 Å². The van der Waals surface area contributed by atoms with Crippen molar-refractivity contribution in [2.24, 2.45) is 0 Å². The van der Waals surface area contributed by atoms with Crippen molar-refractivity contribution >= 4 is 17.9 Å². The molecule has 0 aliphatic heterocycles. The number of hydrogen-bond acceptors (Lipinski definition) is 6. The van der Waals surface area contributed by atoms with Gasteiger partial charge < -0.3 is 14.2 Å². The molecule has 1 unspecified atom stereocenters. The fourth-order valence-corrected chi connectivity index (χ4v) is 10.1. The van der Waals surface area contributed by atoms with E-state index in [1.54, 1.807) is 0 Å². The number of carbonyl (C=O) groups is 3. The average molecular weight is 1020 g/mol. The third-order valence-corrected chi connectivity index (χ3v) is 15.0. The van der Waals surface area contributed by atoms with E-state index in [9.17, 15) is 14.4 Å². The second kappa shape index (κ2) is 61.7. The molecule has 0 aliphatic carbocycles. The van der Waals surface area contributed by atoms with Crippen LogP contribution >= 0.6 is 0 Å². The molecule has 0 fully saturated rings. The van der Waals surface area contributed by atoms with Gasteiger partial charge in [-0.25, -0.2) is 0 Å². The molecule has 0 aromatic rings. The molecule has 0 spiro atoms. The highest BCUT2D eigenvalue weighted by Crippen LogP contribution is 2.18. The number of hydrogen-bond donors (Lipinski definition) is 0. The van der Waals surface area contributed by atoms with Gasteiger partial charge in [-0.3, -0.25) is 14.4 Å². The first-order valence-corrected chi connectivity index (χ1v) is 32.7. The Bertz CT molecular complexity index is 1120. The van der Waals surface area contributed by atoms with Crippen LogP contribution in [0.3, 0.4) is 0 Å². The highest BCUT2D eigenvalue weighted by atomic mass is 16.6.